The van der Waals surface area contributed by atoms with E-state index in [1.54, 1.807) is 0 Å². The molecule has 1 atom stereocenters. The highest BCUT2D eigenvalue weighted by Gasteiger charge is 2.19. The number of hydrogen-bond acceptors (Lipinski definition) is 6. The molecule has 0 fully saturated rings. The Labute approximate surface area is 389 Å². The molecule has 0 amide bonds. The van der Waals surface area contributed by atoms with Crippen LogP contribution in [-0.2, 0) is 28.6 Å². The number of carbonyl (C=O) groups is 3. The second-order valence-corrected chi connectivity index (χ2v) is 17.4. The molecule has 0 aliphatic heterocycles. The standard InChI is InChI=1S/C57H98O6/c1-4-7-10-13-16-19-22-25-27-29-31-32-35-38-41-44-47-50-56(59)62-53-54(52-61-55(58)49-46-43-40-37-34-24-21-18-15-12-9-6-3)63-57(60)51-48-45-42-39-36-33-30-28-26-23-20-17-14-11-8-5-2/h7,10,16,18-21,23,25,27-28,30,54H,4-6,8-9,11-15,17,22,24,26,29,31-53H2,1-3H3/b10-7-,19-16-,21-18-,23-20-,27-25-,30-28-. The Morgan fingerprint density at radius 1 is 0.333 bits per heavy atom. The molecule has 0 radical (unpaired) electrons. The van der Waals surface area contributed by atoms with Crippen molar-refractivity contribution >= 4 is 17.9 Å². The molecular weight excluding hydrogens is 781 g/mol. The lowest BCUT2D eigenvalue weighted by atomic mass is 10.1. The van der Waals surface area contributed by atoms with Crippen LogP contribution in [0.4, 0.5) is 0 Å². The van der Waals surface area contributed by atoms with E-state index in [4.69, 9.17) is 14.2 Å². The maximum atomic E-state index is 12.8. The number of rotatable bonds is 47. The van der Waals surface area contributed by atoms with Gasteiger partial charge in [0.2, 0.25) is 0 Å². The molecule has 1 unspecified atom stereocenters. The molecule has 0 aromatic rings. The molecule has 63 heavy (non-hydrogen) atoms. The van der Waals surface area contributed by atoms with Gasteiger partial charge in [-0.05, 0) is 109 Å². The van der Waals surface area contributed by atoms with Crippen molar-refractivity contribution in [2.75, 3.05) is 13.2 Å². The molecule has 0 N–H and O–H groups in total. The molecule has 362 valence electrons. The lowest BCUT2D eigenvalue weighted by Gasteiger charge is -2.18. The smallest absolute Gasteiger partial charge is 0.306 e. The Kier molecular flexibility index (Phi) is 48.9. The van der Waals surface area contributed by atoms with Crippen LogP contribution in [0.15, 0.2) is 72.9 Å². The molecule has 6 heteroatoms. The second-order valence-electron chi connectivity index (χ2n) is 17.4. The molecule has 0 spiro atoms. The van der Waals surface area contributed by atoms with Crippen molar-refractivity contribution in [2.24, 2.45) is 0 Å². The first-order chi connectivity index (χ1) is 31.0. The van der Waals surface area contributed by atoms with E-state index < -0.39 is 6.10 Å². The van der Waals surface area contributed by atoms with E-state index in [-0.39, 0.29) is 31.1 Å². The molecule has 0 aromatic carbocycles. The van der Waals surface area contributed by atoms with Gasteiger partial charge in [0.05, 0.1) is 0 Å². The van der Waals surface area contributed by atoms with Gasteiger partial charge < -0.3 is 14.2 Å². The fourth-order valence-electron chi connectivity index (χ4n) is 7.19. The number of hydrogen-bond donors (Lipinski definition) is 0. The van der Waals surface area contributed by atoms with Crippen LogP contribution >= 0.6 is 0 Å². The van der Waals surface area contributed by atoms with Gasteiger partial charge in [0.25, 0.3) is 0 Å². The van der Waals surface area contributed by atoms with E-state index in [9.17, 15) is 14.4 Å². The van der Waals surface area contributed by atoms with Gasteiger partial charge in [0.1, 0.15) is 13.2 Å². The van der Waals surface area contributed by atoms with Crippen molar-refractivity contribution in [3.05, 3.63) is 72.9 Å². The van der Waals surface area contributed by atoms with Gasteiger partial charge in [-0.1, -0.05) is 196 Å². The summed E-state index contributed by atoms with van der Waals surface area (Å²) in [4.78, 5) is 38.0. The second kappa shape index (κ2) is 51.5. The minimum absolute atomic E-state index is 0.0888. The van der Waals surface area contributed by atoms with Crippen LogP contribution in [-0.4, -0.2) is 37.2 Å². The third-order valence-corrected chi connectivity index (χ3v) is 11.2. The minimum Gasteiger partial charge on any atom is -0.462 e. The van der Waals surface area contributed by atoms with Crippen LogP contribution in [0.5, 0.6) is 0 Å². The molecule has 0 bridgehead atoms. The molecule has 0 saturated heterocycles. The number of allylic oxidation sites excluding steroid dienone is 12. The first-order valence-corrected chi connectivity index (χ1v) is 26.4. The predicted octanol–water partition coefficient (Wildman–Crippen LogP) is 17.4. The summed E-state index contributed by atoms with van der Waals surface area (Å²) in [5, 5.41) is 0. The molecular formula is C57H98O6. The Bertz CT molecular complexity index is 1190. The molecule has 6 nitrogen and oxygen atoms in total. The van der Waals surface area contributed by atoms with Crippen molar-refractivity contribution in [1.82, 2.24) is 0 Å². The first kappa shape index (κ1) is 59.9. The molecule has 0 aliphatic rings. The van der Waals surface area contributed by atoms with Crippen LogP contribution in [0, 0.1) is 0 Å². The molecule has 0 heterocycles. The topological polar surface area (TPSA) is 78.9 Å². The van der Waals surface area contributed by atoms with Gasteiger partial charge >= 0.3 is 17.9 Å². The Hall–Kier alpha value is -3.15. The summed E-state index contributed by atoms with van der Waals surface area (Å²) in [5.74, 6) is -0.919. The molecule has 0 rings (SSSR count). The van der Waals surface area contributed by atoms with Crippen LogP contribution in [0.3, 0.4) is 0 Å². The summed E-state index contributed by atoms with van der Waals surface area (Å²) in [5.41, 5.74) is 0. The van der Waals surface area contributed by atoms with Crippen LogP contribution in [0.2, 0.25) is 0 Å². The van der Waals surface area contributed by atoms with Crippen molar-refractivity contribution < 1.29 is 28.6 Å². The van der Waals surface area contributed by atoms with Crippen molar-refractivity contribution in [3.63, 3.8) is 0 Å². The van der Waals surface area contributed by atoms with Gasteiger partial charge in [0.15, 0.2) is 6.10 Å². The number of ether oxygens (including phenoxy) is 3. The number of unbranched alkanes of at least 4 members (excludes halogenated alkanes) is 24. The highest BCUT2D eigenvalue weighted by atomic mass is 16.6. The SMILES string of the molecule is CC/C=C\C/C=C\C/C=C\CCCCCCCCCC(=O)OCC(COC(=O)CCCCCCC/C=C\CCCCC)OC(=O)CCCCCCC/C=C\C/C=C\CCCCCC. The molecule has 0 aliphatic carbocycles. The zero-order chi connectivity index (χ0) is 45.8. The van der Waals surface area contributed by atoms with Gasteiger partial charge in [-0.15, -0.1) is 0 Å². The first-order valence-electron chi connectivity index (χ1n) is 26.4. The molecule has 0 saturated carbocycles. The Morgan fingerprint density at radius 2 is 0.619 bits per heavy atom. The van der Waals surface area contributed by atoms with Gasteiger partial charge in [-0.3, -0.25) is 14.4 Å². The summed E-state index contributed by atoms with van der Waals surface area (Å²) in [7, 11) is 0. The third-order valence-electron chi connectivity index (χ3n) is 11.2. The summed E-state index contributed by atoms with van der Waals surface area (Å²) in [6, 6.07) is 0. The van der Waals surface area contributed by atoms with Crippen molar-refractivity contribution in [3.8, 4) is 0 Å². The summed E-state index contributed by atoms with van der Waals surface area (Å²) >= 11 is 0. The average molecular weight is 879 g/mol. The van der Waals surface area contributed by atoms with Crippen molar-refractivity contribution in [1.29, 1.82) is 0 Å². The fraction of sp³-hybridized carbons (Fsp3) is 0.737. The normalized spacial score (nSPS) is 12.6. The zero-order valence-corrected chi connectivity index (χ0v) is 41.3. The predicted molar refractivity (Wildman–Crippen MR) is 270 cm³/mol. The van der Waals surface area contributed by atoms with E-state index in [1.165, 1.54) is 96.3 Å². The summed E-state index contributed by atoms with van der Waals surface area (Å²) in [6.07, 6.45) is 64.5. The lowest BCUT2D eigenvalue weighted by Crippen LogP contribution is -2.30. The van der Waals surface area contributed by atoms with E-state index in [0.717, 1.165) is 116 Å². The summed E-state index contributed by atoms with van der Waals surface area (Å²) in [6.45, 7) is 6.46. The van der Waals surface area contributed by atoms with E-state index >= 15 is 0 Å². The Balaban J connectivity index is 4.42. The van der Waals surface area contributed by atoms with E-state index in [0.29, 0.717) is 19.3 Å². The quantitative estimate of drug-likeness (QED) is 0.0262. The van der Waals surface area contributed by atoms with E-state index in [1.807, 2.05) is 0 Å². The van der Waals surface area contributed by atoms with Crippen LogP contribution in [0.1, 0.15) is 252 Å². The van der Waals surface area contributed by atoms with Gasteiger partial charge in [0, 0.05) is 19.3 Å². The zero-order valence-electron chi connectivity index (χ0n) is 41.3. The number of carbonyl (C=O) groups excluding carboxylic acids is 3. The minimum atomic E-state index is -0.789. The van der Waals surface area contributed by atoms with Crippen molar-refractivity contribution in [2.45, 2.75) is 258 Å². The van der Waals surface area contributed by atoms with Crippen LogP contribution in [0.25, 0.3) is 0 Å². The number of esters is 3. The maximum Gasteiger partial charge on any atom is 0.306 e. The maximum absolute atomic E-state index is 12.8. The monoisotopic (exact) mass is 879 g/mol. The Morgan fingerprint density at radius 3 is 1.02 bits per heavy atom. The molecule has 0 aromatic heterocycles. The average Bonchev–Trinajstić information content (AvgIpc) is 3.28. The van der Waals surface area contributed by atoms with Crippen LogP contribution < -0.4 is 0 Å². The summed E-state index contributed by atoms with van der Waals surface area (Å²) < 4.78 is 16.8. The van der Waals surface area contributed by atoms with E-state index in [2.05, 4.69) is 93.7 Å². The highest BCUT2D eigenvalue weighted by Crippen LogP contribution is 2.14. The lowest BCUT2D eigenvalue weighted by molar-refractivity contribution is -0.167. The fourth-order valence-corrected chi connectivity index (χ4v) is 7.19. The highest BCUT2D eigenvalue weighted by molar-refractivity contribution is 5.71. The van der Waals surface area contributed by atoms with Gasteiger partial charge in [-0.25, -0.2) is 0 Å². The van der Waals surface area contributed by atoms with Gasteiger partial charge in [-0.2, -0.15) is 0 Å². The largest absolute Gasteiger partial charge is 0.462 e. The third kappa shape index (κ3) is 49.7.